The standard InChI is InChI=1S/C13H19NO2/c1-14-13(10-5-4-8-16-9-10)11-6-2-3-7-12(11)15/h2-3,6-7,10,13-15H,4-5,8-9H2,1H3. The summed E-state index contributed by atoms with van der Waals surface area (Å²) in [5, 5.41) is 13.2. The van der Waals surface area contributed by atoms with E-state index in [0.717, 1.165) is 31.6 Å². The van der Waals surface area contributed by atoms with E-state index in [0.29, 0.717) is 11.7 Å². The number of hydrogen-bond donors (Lipinski definition) is 2. The topological polar surface area (TPSA) is 41.5 Å². The maximum absolute atomic E-state index is 9.86. The van der Waals surface area contributed by atoms with Crippen molar-refractivity contribution in [1.82, 2.24) is 5.32 Å². The number of aromatic hydroxyl groups is 1. The van der Waals surface area contributed by atoms with Crippen LogP contribution in [0, 0.1) is 5.92 Å². The van der Waals surface area contributed by atoms with Crippen molar-refractivity contribution < 1.29 is 9.84 Å². The monoisotopic (exact) mass is 221 g/mol. The van der Waals surface area contributed by atoms with Gasteiger partial charge in [-0.1, -0.05) is 18.2 Å². The van der Waals surface area contributed by atoms with Crippen molar-refractivity contribution in [3.05, 3.63) is 29.8 Å². The fourth-order valence-electron chi connectivity index (χ4n) is 2.42. The highest BCUT2D eigenvalue weighted by molar-refractivity contribution is 5.35. The summed E-state index contributed by atoms with van der Waals surface area (Å²) in [4.78, 5) is 0. The average Bonchev–Trinajstić information content (AvgIpc) is 2.34. The van der Waals surface area contributed by atoms with Gasteiger partial charge in [-0.05, 0) is 26.0 Å². The molecule has 16 heavy (non-hydrogen) atoms. The molecule has 3 heteroatoms. The van der Waals surface area contributed by atoms with Gasteiger partial charge in [0.25, 0.3) is 0 Å². The van der Waals surface area contributed by atoms with Crippen molar-refractivity contribution in [2.24, 2.45) is 5.92 Å². The number of phenols is 1. The molecule has 88 valence electrons. The molecule has 1 aliphatic heterocycles. The van der Waals surface area contributed by atoms with Gasteiger partial charge in [0.05, 0.1) is 6.61 Å². The molecule has 1 saturated heterocycles. The summed E-state index contributed by atoms with van der Waals surface area (Å²) in [6.45, 7) is 1.65. The summed E-state index contributed by atoms with van der Waals surface area (Å²) in [7, 11) is 1.94. The maximum atomic E-state index is 9.86. The van der Waals surface area contributed by atoms with Gasteiger partial charge in [-0.3, -0.25) is 0 Å². The fraction of sp³-hybridized carbons (Fsp3) is 0.538. The molecular formula is C13H19NO2. The molecule has 0 aliphatic carbocycles. The maximum Gasteiger partial charge on any atom is 0.120 e. The van der Waals surface area contributed by atoms with Crippen LogP contribution in [0.2, 0.25) is 0 Å². The number of ether oxygens (including phenoxy) is 1. The van der Waals surface area contributed by atoms with Crippen LogP contribution >= 0.6 is 0 Å². The number of para-hydroxylation sites is 1. The quantitative estimate of drug-likeness (QED) is 0.821. The Balaban J connectivity index is 2.18. The molecule has 2 unspecified atom stereocenters. The van der Waals surface area contributed by atoms with E-state index < -0.39 is 0 Å². The third-order valence-corrected chi connectivity index (χ3v) is 3.25. The minimum Gasteiger partial charge on any atom is -0.508 e. The minimum atomic E-state index is 0.182. The van der Waals surface area contributed by atoms with Gasteiger partial charge in [-0.15, -0.1) is 0 Å². The van der Waals surface area contributed by atoms with E-state index in [9.17, 15) is 5.11 Å². The summed E-state index contributed by atoms with van der Waals surface area (Å²) in [6.07, 6.45) is 2.26. The molecule has 1 fully saturated rings. The van der Waals surface area contributed by atoms with Crippen LogP contribution in [0.5, 0.6) is 5.75 Å². The summed E-state index contributed by atoms with van der Waals surface area (Å²) in [6, 6.07) is 7.71. The molecule has 0 spiro atoms. The molecule has 3 nitrogen and oxygen atoms in total. The summed E-state index contributed by atoms with van der Waals surface area (Å²) in [5.74, 6) is 0.819. The Kier molecular flexibility index (Phi) is 3.80. The Morgan fingerprint density at radius 1 is 1.44 bits per heavy atom. The Hall–Kier alpha value is -1.06. The van der Waals surface area contributed by atoms with Gasteiger partial charge >= 0.3 is 0 Å². The zero-order valence-electron chi connectivity index (χ0n) is 9.65. The lowest BCUT2D eigenvalue weighted by molar-refractivity contribution is 0.0399. The Bertz CT molecular complexity index is 334. The molecule has 0 amide bonds. The first-order valence-electron chi connectivity index (χ1n) is 5.86. The molecule has 1 aromatic carbocycles. The van der Waals surface area contributed by atoms with Gasteiger partial charge in [-0.2, -0.15) is 0 Å². The fourth-order valence-corrected chi connectivity index (χ4v) is 2.42. The van der Waals surface area contributed by atoms with Gasteiger partial charge in [0.2, 0.25) is 0 Å². The third-order valence-electron chi connectivity index (χ3n) is 3.25. The predicted octanol–water partition coefficient (Wildman–Crippen LogP) is 2.08. The van der Waals surface area contributed by atoms with Gasteiger partial charge in [-0.25, -0.2) is 0 Å². The summed E-state index contributed by atoms with van der Waals surface area (Å²) in [5.41, 5.74) is 0.973. The summed E-state index contributed by atoms with van der Waals surface area (Å²) < 4.78 is 5.50. The first-order valence-corrected chi connectivity index (χ1v) is 5.86. The SMILES string of the molecule is CNC(c1ccccc1O)C1CCCOC1. The summed E-state index contributed by atoms with van der Waals surface area (Å²) >= 11 is 0. The minimum absolute atomic E-state index is 0.182. The van der Waals surface area contributed by atoms with Gasteiger partial charge in [0.15, 0.2) is 0 Å². The molecule has 0 bridgehead atoms. The Morgan fingerprint density at radius 2 is 2.25 bits per heavy atom. The first-order chi connectivity index (χ1) is 7.83. The van der Waals surface area contributed by atoms with Crippen LogP contribution in [0.1, 0.15) is 24.4 Å². The van der Waals surface area contributed by atoms with Crippen LogP contribution < -0.4 is 5.32 Å². The number of nitrogens with one attached hydrogen (secondary N) is 1. The largest absolute Gasteiger partial charge is 0.508 e. The zero-order valence-corrected chi connectivity index (χ0v) is 9.65. The van der Waals surface area contributed by atoms with Crippen LogP contribution in [-0.4, -0.2) is 25.4 Å². The van der Waals surface area contributed by atoms with Crippen LogP contribution in [0.25, 0.3) is 0 Å². The third kappa shape index (κ3) is 2.36. The molecule has 0 aromatic heterocycles. The van der Waals surface area contributed by atoms with E-state index in [2.05, 4.69) is 5.32 Å². The van der Waals surface area contributed by atoms with Crippen molar-refractivity contribution in [1.29, 1.82) is 0 Å². The van der Waals surface area contributed by atoms with E-state index in [4.69, 9.17) is 4.74 Å². The van der Waals surface area contributed by atoms with E-state index in [1.807, 2.05) is 25.2 Å². The lowest BCUT2D eigenvalue weighted by Crippen LogP contribution is -2.31. The molecular weight excluding hydrogens is 202 g/mol. The van der Waals surface area contributed by atoms with Crippen molar-refractivity contribution in [2.75, 3.05) is 20.3 Å². The normalized spacial score (nSPS) is 22.9. The molecule has 2 rings (SSSR count). The van der Waals surface area contributed by atoms with Crippen LogP contribution in [0.3, 0.4) is 0 Å². The molecule has 0 radical (unpaired) electrons. The van der Waals surface area contributed by atoms with Crippen molar-refractivity contribution in [2.45, 2.75) is 18.9 Å². The van der Waals surface area contributed by atoms with Crippen molar-refractivity contribution in [3.63, 3.8) is 0 Å². The second-order valence-corrected chi connectivity index (χ2v) is 4.30. The lowest BCUT2D eigenvalue weighted by Gasteiger charge is -2.30. The van der Waals surface area contributed by atoms with Crippen LogP contribution in [0.15, 0.2) is 24.3 Å². The second-order valence-electron chi connectivity index (χ2n) is 4.30. The van der Waals surface area contributed by atoms with Gasteiger partial charge in [0, 0.05) is 24.1 Å². The highest BCUT2D eigenvalue weighted by atomic mass is 16.5. The molecule has 0 saturated carbocycles. The molecule has 1 aliphatic rings. The average molecular weight is 221 g/mol. The van der Waals surface area contributed by atoms with Gasteiger partial charge < -0.3 is 15.2 Å². The molecule has 1 heterocycles. The Labute approximate surface area is 96.4 Å². The number of phenolic OH excluding ortho intramolecular Hbond substituents is 1. The van der Waals surface area contributed by atoms with Crippen LogP contribution in [0.4, 0.5) is 0 Å². The van der Waals surface area contributed by atoms with E-state index in [1.165, 1.54) is 0 Å². The van der Waals surface area contributed by atoms with Crippen molar-refractivity contribution >= 4 is 0 Å². The number of hydrogen-bond acceptors (Lipinski definition) is 3. The lowest BCUT2D eigenvalue weighted by atomic mass is 9.88. The number of benzene rings is 1. The van der Waals surface area contributed by atoms with E-state index in [1.54, 1.807) is 6.07 Å². The zero-order chi connectivity index (χ0) is 11.4. The highest BCUT2D eigenvalue weighted by Gasteiger charge is 2.25. The van der Waals surface area contributed by atoms with E-state index >= 15 is 0 Å². The second kappa shape index (κ2) is 5.32. The van der Waals surface area contributed by atoms with E-state index in [-0.39, 0.29) is 6.04 Å². The van der Waals surface area contributed by atoms with Crippen molar-refractivity contribution in [3.8, 4) is 5.75 Å². The molecule has 2 N–H and O–H groups in total. The Morgan fingerprint density at radius 3 is 2.88 bits per heavy atom. The highest BCUT2D eigenvalue weighted by Crippen LogP contribution is 2.32. The predicted molar refractivity (Wildman–Crippen MR) is 63.5 cm³/mol. The molecule has 2 atom stereocenters. The smallest absolute Gasteiger partial charge is 0.120 e. The molecule has 1 aromatic rings. The number of rotatable bonds is 3. The van der Waals surface area contributed by atoms with Crippen LogP contribution in [-0.2, 0) is 4.74 Å². The first kappa shape index (κ1) is 11.4. The van der Waals surface area contributed by atoms with Gasteiger partial charge in [0.1, 0.15) is 5.75 Å².